The first-order valence-electron chi connectivity index (χ1n) is 6.37. The Bertz CT molecular complexity index is 459. The van der Waals surface area contributed by atoms with Crippen LogP contribution in [0.1, 0.15) is 32.1 Å². The van der Waals surface area contributed by atoms with Gasteiger partial charge < -0.3 is 4.74 Å². The average Bonchev–Trinajstić information content (AvgIpc) is 2.85. The molecule has 0 aromatic heterocycles. The number of rotatable bonds is 2. The molecule has 4 heteroatoms. The molecule has 0 saturated heterocycles. The van der Waals surface area contributed by atoms with Crippen molar-refractivity contribution in [3.05, 3.63) is 29.0 Å². The topological polar surface area (TPSA) is 9.23 Å². The Morgan fingerprint density at radius 1 is 1.33 bits per heavy atom. The first-order chi connectivity index (χ1) is 8.62. The highest BCUT2D eigenvalue weighted by Gasteiger charge is 2.56. The summed E-state index contributed by atoms with van der Waals surface area (Å²) in [4.78, 5) is 0.551. The van der Waals surface area contributed by atoms with E-state index in [1.54, 1.807) is 12.1 Å². The van der Waals surface area contributed by atoms with Crippen LogP contribution in [0.5, 0.6) is 5.75 Å². The summed E-state index contributed by atoms with van der Waals surface area (Å²) in [6.07, 6.45) is 6.19. The van der Waals surface area contributed by atoms with E-state index < -0.39 is 5.82 Å². The molecule has 2 aliphatic carbocycles. The summed E-state index contributed by atoms with van der Waals surface area (Å²) in [5, 5.41) is 0.143. The lowest BCUT2D eigenvalue weighted by Crippen LogP contribution is -2.55. The molecule has 1 nitrogen and oxygen atoms in total. The van der Waals surface area contributed by atoms with Crippen LogP contribution in [0.4, 0.5) is 4.39 Å². The van der Waals surface area contributed by atoms with E-state index in [4.69, 9.17) is 16.3 Å². The van der Waals surface area contributed by atoms with Crippen molar-refractivity contribution >= 4 is 27.5 Å². The molecular weight excluding hydrogens is 319 g/mol. The number of hydrogen-bond acceptors (Lipinski definition) is 1. The molecule has 18 heavy (non-hydrogen) atoms. The summed E-state index contributed by atoms with van der Waals surface area (Å²) in [6.45, 7) is 0. The molecule has 0 radical (unpaired) electrons. The fraction of sp³-hybridized carbons (Fsp3) is 0.571. The Balaban J connectivity index is 1.75. The van der Waals surface area contributed by atoms with E-state index in [0.29, 0.717) is 10.6 Å². The number of benzene rings is 1. The maximum absolute atomic E-state index is 13.4. The van der Waals surface area contributed by atoms with Crippen LogP contribution >= 0.6 is 27.5 Å². The largest absolute Gasteiger partial charge is 0.490 e. The van der Waals surface area contributed by atoms with Gasteiger partial charge >= 0.3 is 0 Å². The fourth-order valence-corrected chi connectivity index (χ4v) is 4.46. The lowest BCUT2D eigenvalue weighted by atomic mass is 9.64. The van der Waals surface area contributed by atoms with Crippen molar-refractivity contribution in [2.75, 3.05) is 0 Å². The Labute approximate surface area is 120 Å². The first kappa shape index (κ1) is 12.7. The van der Waals surface area contributed by atoms with E-state index in [0.717, 1.165) is 6.42 Å². The molecule has 2 unspecified atom stereocenters. The van der Waals surface area contributed by atoms with Gasteiger partial charge in [-0.2, -0.15) is 0 Å². The van der Waals surface area contributed by atoms with Crippen molar-refractivity contribution in [2.24, 2.45) is 5.41 Å². The minimum Gasteiger partial charge on any atom is -0.490 e. The maximum Gasteiger partial charge on any atom is 0.145 e. The summed E-state index contributed by atoms with van der Waals surface area (Å²) >= 11 is 9.42. The molecule has 1 spiro atoms. The standard InChI is InChI=1S/C14H15BrClFO/c15-12-8-13(14(12)5-1-2-6-14)18-9-3-4-10(16)11(17)7-9/h3-4,7,12-13H,1-2,5-6,8H2. The molecule has 0 N–H and O–H groups in total. The third kappa shape index (κ3) is 1.96. The van der Waals surface area contributed by atoms with E-state index in [9.17, 15) is 4.39 Å². The smallest absolute Gasteiger partial charge is 0.145 e. The van der Waals surface area contributed by atoms with E-state index in [-0.39, 0.29) is 16.5 Å². The van der Waals surface area contributed by atoms with Gasteiger partial charge in [-0.1, -0.05) is 40.4 Å². The third-order valence-corrected chi connectivity index (χ3v) is 5.98. The molecule has 1 aromatic rings. The highest BCUT2D eigenvalue weighted by Crippen LogP contribution is 2.57. The molecule has 0 heterocycles. The van der Waals surface area contributed by atoms with Gasteiger partial charge in [0.25, 0.3) is 0 Å². The summed E-state index contributed by atoms with van der Waals surface area (Å²) in [5.41, 5.74) is 0.274. The van der Waals surface area contributed by atoms with Gasteiger partial charge in [0.15, 0.2) is 0 Å². The van der Waals surface area contributed by atoms with E-state index in [2.05, 4.69) is 15.9 Å². The predicted octanol–water partition coefficient (Wildman–Crippen LogP) is 4.95. The number of alkyl halides is 1. The highest BCUT2D eigenvalue weighted by molar-refractivity contribution is 9.09. The summed E-state index contributed by atoms with van der Waals surface area (Å²) in [5.74, 6) is 0.178. The molecule has 2 fully saturated rings. The Kier molecular flexibility index (Phi) is 3.31. The van der Waals surface area contributed by atoms with Gasteiger partial charge in [0.2, 0.25) is 0 Å². The van der Waals surface area contributed by atoms with Crippen molar-refractivity contribution in [3.63, 3.8) is 0 Å². The monoisotopic (exact) mass is 332 g/mol. The second-order valence-electron chi connectivity index (χ2n) is 5.33. The van der Waals surface area contributed by atoms with Crippen molar-refractivity contribution in [1.29, 1.82) is 0 Å². The van der Waals surface area contributed by atoms with Crippen LogP contribution in [0.15, 0.2) is 18.2 Å². The zero-order chi connectivity index (χ0) is 12.8. The number of ether oxygens (including phenoxy) is 1. The zero-order valence-electron chi connectivity index (χ0n) is 9.96. The average molecular weight is 334 g/mol. The van der Waals surface area contributed by atoms with E-state index in [1.807, 2.05) is 0 Å². The molecule has 0 aliphatic heterocycles. The summed E-state index contributed by atoms with van der Waals surface area (Å²) in [6, 6.07) is 4.68. The quantitative estimate of drug-likeness (QED) is 0.696. The highest BCUT2D eigenvalue weighted by atomic mass is 79.9. The summed E-state index contributed by atoms with van der Waals surface area (Å²) in [7, 11) is 0. The minimum atomic E-state index is -0.413. The van der Waals surface area contributed by atoms with Crippen LogP contribution < -0.4 is 4.74 Å². The van der Waals surface area contributed by atoms with Gasteiger partial charge in [-0.05, 0) is 31.4 Å². The molecule has 98 valence electrons. The van der Waals surface area contributed by atoms with Gasteiger partial charge in [-0.15, -0.1) is 0 Å². The first-order valence-corrected chi connectivity index (χ1v) is 7.67. The summed E-state index contributed by atoms with van der Waals surface area (Å²) < 4.78 is 19.3. The predicted molar refractivity (Wildman–Crippen MR) is 74.1 cm³/mol. The third-order valence-electron chi connectivity index (χ3n) is 4.39. The second-order valence-corrected chi connectivity index (χ2v) is 6.84. The fourth-order valence-electron chi connectivity index (χ4n) is 3.25. The van der Waals surface area contributed by atoms with Crippen LogP contribution in [0.2, 0.25) is 5.02 Å². The number of hydrogen-bond donors (Lipinski definition) is 0. The molecule has 1 aromatic carbocycles. The molecule has 2 saturated carbocycles. The van der Waals surface area contributed by atoms with Crippen LogP contribution in [0.3, 0.4) is 0 Å². The van der Waals surface area contributed by atoms with Crippen LogP contribution in [0.25, 0.3) is 0 Å². The van der Waals surface area contributed by atoms with Crippen LogP contribution in [-0.2, 0) is 0 Å². The molecular formula is C14H15BrClFO. The minimum absolute atomic E-state index is 0.143. The lowest BCUT2D eigenvalue weighted by molar-refractivity contribution is -0.0305. The normalized spacial score (nSPS) is 29.3. The molecule has 3 rings (SSSR count). The van der Waals surface area contributed by atoms with Gasteiger partial charge in [0.05, 0.1) is 5.02 Å². The molecule has 0 amide bonds. The van der Waals surface area contributed by atoms with Gasteiger partial charge in [-0.25, -0.2) is 4.39 Å². The zero-order valence-corrected chi connectivity index (χ0v) is 12.3. The van der Waals surface area contributed by atoms with Gasteiger partial charge in [-0.3, -0.25) is 0 Å². The van der Waals surface area contributed by atoms with Crippen molar-refractivity contribution in [3.8, 4) is 5.75 Å². The van der Waals surface area contributed by atoms with Crippen LogP contribution in [-0.4, -0.2) is 10.9 Å². The Morgan fingerprint density at radius 3 is 2.67 bits per heavy atom. The lowest BCUT2D eigenvalue weighted by Gasteiger charge is -2.51. The second kappa shape index (κ2) is 4.68. The van der Waals surface area contributed by atoms with E-state index in [1.165, 1.54) is 31.7 Å². The molecule has 2 aliphatic rings. The van der Waals surface area contributed by atoms with Crippen molar-refractivity contribution < 1.29 is 9.13 Å². The van der Waals surface area contributed by atoms with E-state index >= 15 is 0 Å². The van der Waals surface area contributed by atoms with Crippen molar-refractivity contribution in [2.45, 2.75) is 43.0 Å². The molecule has 2 atom stereocenters. The van der Waals surface area contributed by atoms with Crippen molar-refractivity contribution in [1.82, 2.24) is 0 Å². The SMILES string of the molecule is Fc1cc(OC2CC(Br)C23CCCC3)ccc1Cl. The van der Waals surface area contributed by atoms with Crippen LogP contribution in [0, 0.1) is 11.2 Å². The van der Waals surface area contributed by atoms with Gasteiger partial charge in [0, 0.05) is 16.3 Å². The Hall–Kier alpha value is -0.280. The number of halogens is 3. The molecule has 0 bridgehead atoms. The Morgan fingerprint density at radius 2 is 2.06 bits per heavy atom. The maximum atomic E-state index is 13.4. The van der Waals surface area contributed by atoms with Gasteiger partial charge in [0.1, 0.15) is 17.7 Å².